The van der Waals surface area contributed by atoms with E-state index >= 15 is 0 Å². The first kappa shape index (κ1) is 11.5. The monoisotopic (exact) mass is 267 g/mol. The summed E-state index contributed by atoms with van der Waals surface area (Å²) >= 11 is 3.31. The molecule has 0 heterocycles. The number of anilines is 1. The van der Waals surface area contributed by atoms with Crippen LogP contribution in [0.1, 0.15) is 12.0 Å². The zero-order valence-electron chi connectivity index (χ0n) is 7.96. The lowest BCUT2D eigenvalue weighted by atomic mass is 10.2. The molecule has 3 N–H and O–H groups in total. The number of carbonyl (C=O) groups is 1. The van der Waals surface area contributed by atoms with Crippen LogP contribution in [0.4, 0.5) is 5.69 Å². The van der Waals surface area contributed by atoms with Gasteiger partial charge in [-0.2, -0.15) is 5.26 Å². The van der Waals surface area contributed by atoms with Gasteiger partial charge in [0.15, 0.2) is 0 Å². The summed E-state index contributed by atoms with van der Waals surface area (Å²) in [4.78, 5) is 10.5. The Morgan fingerprint density at radius 1 is 1.60 bits per heavy atom. The van der Waals surface area contributed by atoms with Crippen LogP contribution < -0.4 is 11.1 Å². The number of nitrogens with one attached hydrogen (secondary N) is 1. The fourth-order valence-corrected chi connectivity index (χ4v) is 1.44. The van der Waals surface area contributed by atoms with E-state index < -0.39 is 0 Å². The van der Waals surface area contributed by atoms with Gasteiger partial charge in [0.2, 0.25) is 5.91 Å². The SMILES string of the molecule is N#Cc1ccc(Br)cc1NCCC(N)=O. The smallest absolute Gasteiger partial charge is 0.219 e. The number of carbonyl (C=O) groups excluding carboxylic acids is 1. The maximum absolute atomic E-state index is 10.5. The van der Waals surface area contributed by atoms with Crippen LogP contribution in [0.2, 0.25) is 0 Å². The first-order valence-corrected chi connectivity index (χ1v) is 5.14. The number of hydrogen-bond acceptors (Lipinski definition) is 3. The van der Waals surface area contributed by atoms with Crippen LogP contribution in [0.25, 0.3) is 0 Å². The molecule has 78 valence electrons. The van der Waals surface area contributed by atoms with Gasteiger partial charge in [-0.3, -0.25) is 4.79 Å². The minimum atomic E-state index is -0.365. The highest BCUT2D eigenvalue weighted by Gasteiger charge is 2.02. The number of amides is 1. The molecule has 15 heavy (non-hydrogen) atoms. The molecule has 0 aliphatic heterocycles. The van der Waals surface area contributed by atoms with Crippen LogP contribution in [0.3, 0.4) is 0 Å². The predicted molar refractivity (Wildman–Crippen MR) is 61.2 cm³/mol. The summed E-state index contributed by atoms with van der Waals surface area (Å²) in [5.41, 5.74) is 6.25. The lowest BCUT2D eigenvalue weighted by molar-refractivity contribution is -0.117. The Balaban J connectivity index is 2.71. The summed E-state index contributed by atoms with van der Waals surface area (Å²) in [5.74, 6) is -0.365. The van der Waals surface area contributed by atoms with Crippen molar-refractivity contribution in [2.45, 2.75) is 6.42 Å². The molecule has 1 aromatic rings. The molecule has 0 unspecified atom stereocenters. The summed E-state index contributed by atoms with van der Waals surface area (Å²) in [6, 6.07) is 7.35. The van der Waals surface area contributed by atoms with Crippen molar-refractivity contribution in [1.82, 2.24) is 0 Å². The maximum atomic E-state index is 10.5. The minimum absolute atomic E-state index is 0.247. The fraction of sp³-hybridized carbons (Fsp3) is 0.200. The molecule has 1 amide bonds. The standard InChI is InChI=1S/C10H10BrN3O/c11-8-2-1-7(6-12)9(5-8)14-4-3-10(13)15/h1-2,5,14H,3-4H2,(H2,13,15). The van der Waals surface area contributed by atoms with Crippen LogP contribution >= 0.6 is 15.9 Å². The van der Waals surface area contributed by atoms with Crippen molar-refractivity contribution in [2.75, 3.05) is 11.9 Å². The van der Waals surface area contributed by atoms with E-state index in [0.29, 0.717) is 17.8 Å². The molecule has 0 bridgehead atoms. The number of benzene rings is 1. The maximum Gasteiger partial charge on any atom is 0.219 e. The number of nitrogens with zero attached hydrogens (tertiary/aromatic N) is 1. The van der Waals surface area contributed by atoms with E-state index in [1.54, 1.807) is 18.2 Å². The molecule has 0 atom stereocenters. The van der Waals surface area contributed by atoms with Crippen LogP contribution in [0, 0.1) is 11.3 Å². The van der Waals surface area contributed by atoms with Crippen molar-refractivity contribution in [3.05, 3.63) is 28.2 Å². The number of primary amides is 1. The lowest BCUT2D eigenvalue weighted by Crippen LogP contribution is -2.16. The first-order chi connectivity index (χ1) is 7.13. The molecule has 0 fully saturated rings. The molecule has 5 heteroatoms. The van der Waals surface area contributed by atoms with Gasteiger partial charge in [0, 0.05) is 17.4 Å². The van der Waals surface area contributed by atoms with E-state index in [2.05, 4.69) is 27.3 Å². The Hall–Kier alpha value is -1.54. The van der Waals surface area contributed by atoms with Gasteiger partial charge in [-0.1, -0.05) is 15.9 Å². The van der Waals surface area contributed by atoms with Gasteiger partial charge < -0.3 is 11.1 Å². The molecule has 0 aliphatic carbocycles. The molecule has 0 aliphatic rings. The van der Waals surface area contributed by atoms with Gasteiger partial charge in [-0.05, 0) is 18.2 Å². The Morgan fingerprint density at radius 2 is 2.33 bits per heavy atom. The van der Waals surface area contributed by atoms with E-state index in [1.165, 1.54) is 0 Å². The quantitative estimate of drug-likeness (QED) is 0.870. The molecular weight excluding hydrogens is 258 g/mol. The van der Waals surface area contributed by atoms with Gasteiger partial charge in [-0.15, -0.1) is 0 Å². The largest absolute Gasteiger partial charge is 0.383 e. The lowest BCUT2D eigenvalue weighted by Gasteiger charge is -2.07. The van der Waals surface area contributed by atoms with Gasteiger partial charge in [-0.25, -0.2) is 0 Å². The number of nitriles is 1. The summed E-state index contributed by atoms with van der Waals surface area (Å²) in [6.07, 6.45) is 0.247. The zero-order chi connectivity index (χ0) is 11.3. The minimum Gasteiger partial charge on any atom is -0.383 e. The van der Waals surface area contributed by atoms with Crippen molar-refractivity contribution in [1.29, 1.82) is 5.26 Å². The third kappa shape index (κ3) is 3.60. The second-order valence-electron chi connectivity index (χ2n) is 2.94. The van der Waals surface area contributed by atoms with Crippen molar-refractivity contribution in [3.8, 4) is 6.07 Å². The third-order valence-electron chi connectivity index (χ3n) is 1.79. The van der Waals surface area contributed by atoms with Gasteiger partial charge in [0.05, 0.1) is 11.3 Å². The third-order valence-corrected chi connectivity index (χ3v) is 2.28. The average Bonchev–Trinajstić information content (AvgIpc) is 2.17. The normalized spacial score (nSPS) is 9.33. The Bertz CT molecular complexity index is 412. The molecule has 4 nitrogen and oxygen atoms in total. The Morgan fingerprint density at radius 3 is 2.93 bits per heavy atom. The van der Waals surface area contributed by atoms with E-state index in [-0.39, 0.29) is 12.3 Å². The second kappa shape index (κ2) is 5.37. The molecule has 0 aromatic heterocycles. The number of rotatable bonds is 4. The predicted octanol–water partition coefficient (Wildman–Crippen LogP) is 1.61. The van der Waals surface area contributed by atoms with E-state index in [4.69, 9.17) is 11.0 Å². The average molecular weight is 268 g/mol. The molecule has 1 aromatic carbocycles. The van der Waals surface area contributed by atoms with Crippen LogP contribution in [0.15, 0.2) is 22.7 Å². The highest BCUT2D eigenvalue weighted by atomic mass is 79.9. The second-order valence-corrected chi connectivity index (χ2v) is 3.86. The number of hydrogen-bond donors (Lipinski definition) is 2. The topological polar surface area (TPSA) is 78.9 Å². The van der Waals surface area contributed by atoms with Crippen LogP contribution in [-0.2, 0) is 4.79 Å². The van der Waals surface area contributed by atoms with Gasteiger partial charge in [0.25, 0.3) is 0 Å². The zero-order valence-corrected chi connectivity index (χ0v) is 9.54. The van der Waals surface area contributed by atoms with Crippen LogP contribution in [-0.4, -0.2) is 12.5 Å². The Labute approximate surface area is 96.2 Å². The number of halogens is 1. The highest BCUT2D eigenvalue weighted by Crippen LogP contribution is 2.20. The molecular formula is C10H10BrN3O. The molecule has 1 rings (SSSR count). The van der Waals surface area contributed by atoms with E-state index in [9.17, 15) is 4.79 Å². The molecule has 0 saturated carbocycles. The van der Waals surface area contributed by atoms with Gasteiger partial charge >= 0.3 is 0 Å². The Kier molecular flexibility index (Phi) is 4.13. The fourth-order valence-electron chi connectivity index (χ4n) is 1.08. The number of nitrogens with two attached hydrogens (primary N) is 1. The van der Waals surface area contributed by atoms with Crippen molar-refractivity contribution in [3.63, 3.8) is 0 Å². The first-order valence-electron chi connectivity index (χ1n) is 4.35. The molecule has 0 spiro atoms. The summed E-state index contributed by atoms with van der Waals surface area (Å²) in [7, 11) is 0. The van der Waals surface area contributed by atoms with Crippen molar-refractivity contribution < 1.29 is 4.79 Å². The van der Waals surface area contributed by atoms with Crippen molar-refractivity contribution >= 4 is 27.5 Å². The van der Waals surface area contributed by atoms with Gasteiger partial charge in [0.1, 0.15) is 6.07 Å². The van der Waals surface area contributed by atoms with E-state index in [1.807, 2.05) is 0 Å². The highest BCUT2D eigenvalue weighted by molar-refractivity contribution is 9.10. The summed E-state index contributed by atoms with van der Waals surface area (Å²) < 4.78 is 0.878. The summed E-state index contributed by atoms with van der Waals surface area (Å²) in [5, 5.41) is 11.8. The molecule has 0 radical (unpaired) electrons. The van der Waals surface area contributed by atoms with E-state index in [0.717, 1.165) is 4.47 Å². The molecule has 0 saturated heterocycles. The summed E-state index contributed by atoms with van der Waals surface area (Å²) in [6.45, 7) is 0.431. The van der Waals surface area contributed by atoms with Crippen molar-refractivity contribution in [2.24, 2.45) is 5.73 Å². The van der Waals surface area contributed by atoms with Crippen LogP contribution in [0.5, 0.6) is 0 Å².